The summed E-state index contributed by atoms with van der Waals surface area (Å²) in [5.41, 5.74) is 2.92. The van der Waals surface area contributed by atoms with Gasteiger partial charge in [0.1, 0.15) is 0 Å². The van der Waals surface area contributed by atoms with Gasteiger partial charge in [-0.15, -0.1) is 0 Å². The zero-order chi connectivity index (χ0) is 8.84. The van der Waals surface area contributed by atoms with E-state index < -0.39 is 0 Å². The van der Waals surface area contributed by atoms with Gasteiger partial charge in [0.05, 0.1) is 6.10 Å². The summed E-state index contributed by atoms with van der Waals surface area (Å²) in [5, 5.41) is 9.85. The van der Waals surface area contributed by atoms with Crippen molar-refractivity contribution in [2.24, 2.45) is 0 Å². The molecule has 1 fully saturated rings. The average Bonchev–Trinajstić information content (AvgIpc) is 2.19. The van der Waals surface area contributed by atoms with Gasteiger partial charge >= 0.3 is 0 Å². The molecule has 0 heterocycles. The van der Waals surface area contributed by atoms with E-state index >= 15 is 0 Å². The van der Waals surface area contributed by atoms with E-state index in [4.69, 9.17) is 0 Å². The topological polar surface area (TPSA) is 20.2 Å². The second-order valence-corrected chi connectivity index (χ2v) is 4.31. The number of aliphatic hydroxyl groups is 1. The third-order valence-corrected chi connectivity index (χ3v) is 3.65. The quantitative estimate of drug-likeness (QED) is 0.640. The summed E-state index contributed by atoms with van der Waals surface area (Å²) in [4.78, 5) is 0. The SMILES string of the molecule is OC1C[C@H]2CC[C@H]1c1ccccc12. The first-order valence-corrected chi connectivity index (χ1v) is 5.13. The van der Waals surface area contributed by atoms with Crippen molar-refractivity contribution in [3.8, 4) is 0 Å². The Kier molecular flexibility index (Phi) is 1.50. The number of benzene rings is 1. The summed E-state index contributed by atoms with van der Waals surface area (Å²) in [6.45, 7) is 0. The molecule has 3 aliphatic rings. The lowest BCUT2D eigenvalue weighted by Gasteiger charge is -2.41. The van der Waals surface area contributed by atoms with Crippen LogP contribution < -0.4 is 0 Å². The normalized spacial score (nSPS) is 35.9. The van der Waals surface area contributed by atoms with Crippen LogP contribution in [0.5, 0.6) is 0 Å². The van der Waals surface area contributed by atoms with Crippen LogP contribution >= 0.6 is 0 Å². The Hall–Kier alpha value is -0.820. The Morgan fingerprint density at radius 2 is 1.85 bits per heavy atom. The predicted octanol–water partition coefficient (Wildman–Crippen LogP) is 2.41. The molecule has 13 heavy (non-hydrogen) atoms. The van der Waals surface area contributed by atoms with E-state index in [0.717, 1.165) is 6.42 Å². The molecule has 1 aromatic carbocycles. The number of rotatable bonds is 0. The molecule has 1 unspecified atom stereocenters. The highest BCUT2D eigenvalue weighted by Crippen LogP contribution is 2.48. The number of hydrogen-bond donors (Lipinski definition) is 1. The van der Waals surface area contributed by atoms with E-state index in [-0.39, 0.29) is 6.10 Å². The fraction of sp³-hybridized carbons (Fsp3) is 0.500. The molecule has 3 aliphatic carbocycles. The Balaban J connectivity index is 2.16. The second-order valence-electron chi connectivity index (χ2n) is 4.31. The third kappa shape index (κ3) is 0.969. The van der Waals surface area contributed by atoms with Crippen molar-refractivity contribution in [1.29, 1.82) is 0 Å². The fourth-order valence-corrected chi connectivity index (χ4v) is 3.01. The molecule has 0 spiro atoms. The molecule has 0 aromatic heterocycles. The zero-order valence-corrected chi connectivity index (χ0v) is 7.61. The van der Waals surface area contributed by atoms with Crippen LogP contribution in [-0.2, 0) is 0 Å². The van der Waals surface area contributed by atoms with Crippen LogP contribution in [0.3, 0.4) is 0 Å². The molecule has 68 valence electrons. The first-order valence-electron chi connectivity index (χ1n) is 5.13. The first kappa shape index (κ1) is 7.57. The van der Waals surface area contributed by atoms with E-state index in [1.165, 1.54) is 24.0 Å². The van der Waals surface area contributed by atoms with Gasteiger partial charge in [-0.25, -0.2) is 0 Å². The summed E-state index contributed by atoms with van der Waals surface area (Å²) in [5.74, 6) is 1.07. The van der Waals surface area contributed by atoms with Crippen molar-refractivity contribution in [1.82, 2.24) is 0 Å². The van der Waals surface area contributed by atoms with Crippen LogP contribution in [0.1, 0.15) is 42.2 Å². The van der Waals surface area contributed by atoms with Crippen LogP contribution in [0, 0.1) is 0 Å². The third-order valence-electron chi connectivity index (χ3n) is 3.65. The molecular weight excluding hydrogens is 160 g/mol. The van der Waals surface area contributed by atoms with Crippen molar-refractivity contribution in [2.75, 3.05) is 0 Å². The standard InChI is InChI=1S/C12H14O/c13-12-7-8-5-6-11(12)10-4-2-1-3-9(8)10/h1-4,8,11-13H,5-7H2/t8-,11+,12?/m1/s1. The Morgan fingerprint density at radius 1 is 1.08 bits per heavy atom. The molecule has 1 N–H and O–H groups in total. The minimum atomic E-state index is -0.0753. The van der Waals surface area contributed by atoms with Crippen molar-refractivity contribution < 1.29 is 5.11 Å². The maximum Gasteiger partial charge on any atom is 0.0614 e. The minimum Gasteiger partial charge on any atom is -0.392 e. The summed E-state index contributed by atoms with van der Waals surface area (Å²) >= 11 is 0. The molecule has 0 saturated heterocycles. The maximum atomic E-state index is 9.85. The van der Waals surface area contributed by atoms with Crippen molar-refractivity contribution >= 4 is 0 Å². The minimum absolute atomic E-state index is 0.0753. The van der Waals surface area contributed by atoms with Crippen LogP contribution in [0.25, 0.3) is 0 Å². The van der Waals surface area contributed by atoms with Gasteiger partial charge in [0.25, 0.3) is 0 Å². The van der Waals surface area contributed by atoms with Crippen LogP contribution in [0.4, 0.5) is 0 Å². The highest BCUT2D eigenvalue weighted by molar-refractivity contribution is 5.39. The van der Waals surface area contributed by atoms with Crippen LogP contribution in [-0.4, -0.2) is 11.2 Å². The van der Waals surface area contributed by atoms with Crippen LogP contribution in [0.15, 0.2) is 24.3 Å². The lowest BCUT2D eigenvalue weighted by atomic mass is 9.66. The Bertz CT molecular complexity index is 332. The summed E-state index contributed by atoms with van der Waals surface area (Å²) in [7, 11) is 0. The monoisotopic (exact) mass is 174 g/mol. The number of aliphatic hydroxyl groups excluding tert-OH is 1. The molecule has 0 amide bonds. The number of fused-ring (bicyclic) bond motifs is 2. The van der Waals surface area contributed by atoms with Gasteiger partial charge in [-0.2, -0.15) is 0 Å². The van der Waals surface area contributed by atoms with Gasteiger partial charge < -0.3 is 5.11 Å². The fourth-order valence-electron chi connectivity index (χ4n) is 3.01. The van der Waals surface area contributed by atoms with E-state index in [0.29, 0.717) is 11.8 Å². The van der Waals surface area contributed by atoms with Crippen molar-refractivity contribution in [2.45, 2.75) is 37.2 Å². The maximum absolute atomic E-state index is 9.85. The molecule has 1 nitrogen and oxygen atoms in total. The predicted molar refractivity (Wildman–Crippen MR) is 51.8 cm³/mol. The van der Waals surface area contributed by atoms with Gasteiger partial charge in [-0.05, 0) is 36.3 Å². The smallest absolute Gasteiger partial charge is 0.0614 e. The molecular formula is C12H14O. The van der Waals surface area contributed by atoms with Gasteiger partial charge in [-0.1, -0.05) is 24.3 Å². The lowest BCUT2D eigenvalue weighted by Crippen LogP contribution is -2.33. The highest BCUT2D eigenvalue weighted by atomic mass is 16.3. The zero-order valence-electron chi connectivity index (χ0n) is 7.61. The van der Waals surface area contributed by atoms with E-state index in [1.807, 2.05) is 0 Å². The van der Waals surface area contributed by atoms with E-state index in [1.54, 1.807) is 0 Å². The van der Waals surface area contributed by atoms with Gasteiger partial charge in [0.2, 0.25) is 0 Å². The lowest BCUT2D eigenvalue weighted by molar-refractivity contribution is 0.0836. The summed E-state index contributed by atoms with van der Waals surface area (Å²) < 4.78 is 0. The van der Waals surface area contributed by atoms with Gasteiger partial charge in [0.15, 0.2) is 0 Å². The molecule has 3 atom stereocenters. The van der Waals surface area contributed by atoms with Gasteiger partial charge in [-0.3, -0.25) is 0 Å². The van der Waals surface area contributed by atoms with Gasteiger partial charge in [0, 0.05) is 5.92 Å². The van der Waals surface area contributed by atoms with Crippen molar-refractivity contribution in [3.05, 3.63) is 35.4 Å². The highest BCUT2D eigenvalue weighted by Gasteiger charge is 2.38. The van der Waals surface area contributed by atoms with E-state index in [2.05, 4.69) is 24.3 Å². The largest absolute Gasteiger partial charge is 0.392 e. The Morgan fingerprint density at radius 3 is 2.62 bits per heavy atom. The van der Waals surface area contributed by atoms with Crippen LogP contribution in [0.2, 0.25) is 0 Å². The molecule has 1 saturated carbocycles. The number of hydrogen-bond acceptors (Lipinski definition) is 1. The first-order chi connectivity index (χ1) is 6.36. The summed E-state index contributed by atoms with van der Waals surface area (Å²) in [6, 6.07) is 8.63. The Labute approximate surface area is 78.4 Å². The van der Waals surface area contributed by atoms with Crippen molar-refractivity contribution in [3.63, 3.8) is 0 Å². The average molecular weight is 174 g/mol. The second kappa shape index (κ2) is 2.58. The van der Waals surface area contributed by atoms with E-state index in [9.17, 15) is 5.11 Å². The molecule has 0 aliphatic heterocycles. The summed E-state index contributed by atoms with van der Waals surface area (Å²) in [6.07, 6.45) is 3.37. The molecule has 1 aromatic rings. The molecule has 1 heteroatoms. The molecule has 0 radical (unpaired) electrons. The molecule has 2 bridgehead atoms. The molecule has 4 rings (SSSR count).